The van der Waals surface area contributed by atoms with E-state index >= 15 is 9.59 Å². The Hall–Kier alpha value is -13.7. The number of hydrogen-bond acceptors (Lipinski definition) is 6. The summed E-state index contributed by atoms with van der Waals surface area (Å²) in [7, 11) is 0. The number of amides is 2. The average Bonchev–Trinajstić information content (AvgIpc) is 0.709. The Morgan fingerprint density at radius 3 is 1.20 bits per heavy atom. The van der Waals surface area contributed by atoms with Gasteiger partial charge < -0.3 is 19.4 Å². The van der Waals surface area contributed by atoms with Crippen LogP contribution in [0.15, 0.2) is 231 Å². The summed E-state index contributed by atoms with van der Waals surface area (Å²) in [5.41, 5.74) is 23.3. The van der Waals surface area contributed by atoms with Crippen molar-refractivity contribution >= 4 is 139 Å². The van der Waals surface area contributed by atoms with E-state index in [0.717, 1.165) is 182 Å². The first kappa shape index (κ1) is 71.4. The van der Waals surface area contributed by atoms with Crippen molar-refractivity contribution in [3.63, 3.8) is 0 Å². The maximum atomic E-state index is 16.2. The summed E-state index contributed by atoms with van der Waals surface area (Å²) < 4.78 is 14.7. The molecule has 9 nitrogen and oxygen atoms in total. The Balaban J connectivity index is 0.828. The van der Waals surface area contributed by atoms with E-state index < -0.39 is 11.8 Å². The van der Waals surface area contributed by atoms with E-state index in [0.29, 0.717) is 45.2 Å². The standard InChI is InChI=1S/C107H85N5O4/c1-58(2)71-16-14-17-72(59(3)4)103(71)112-104(113)81-56-91(115-69-38-34-67(35-39-69)106(8,9)10)100-79-46-44-76-74-19-15-18-73-63(32-42-75(96(73)74)77-45-47-80(98(79)97(76)77)101-92(57-82(105(112)114)99(81)102(100)101)116-70-40-36-68(37-41-70)107(11,12)13)33-43-78-83-48-50-85(108-83)93(64-26-20-60(5)21-27-64)87-52-54-89(110-87)95(66-30-24-62(7)25-31-66)90-55-53-88(111-90)94(86-51-49-84(78)109-86)65-28-22-61(6)23-29-65/h14-32,34-42,44-59,108,111H,1-13H3. The molecule has 0 saturated heterocycles. The molecule has 2 amide bonds. The highest BCUT2D eigenvalue weighted by Gasteiger charge is 2.41. The van der Waals surface area contributed by atoms with E-state index in [-0.39, 0.29) is 22.7 Å². The third-order valence-electron chi connectivity index (χ3n) is 24.1. The number of aryl methyl sites for hydroxylation is 3. The first-order valence-electron chi connectivity index (χ1n) is 40.3. The maximum absolute atomic E-state index is 16.2. The summed E-state index contributed by atoms with van der Waals surface area (Å²) in [6.45, 7) is 28.0. The summed E-state index contributed by atoms with van der Waals surface area (Å²) in [4.78, 5) is 52.9. The molecule has 3 aromatic heterocycles. The molecule has 0 spiro atoms. The quantitative estimate of drug-likeness (QED) is 0.0610. The molecule has 0 aliphatic carbocycles. The molecule has 14 aromatic carbocycles. The van der Waals surface area contributed by atoms with Crippen molar-refractivity contribution in [1.82, 2.24) is 19.9 Å². The lowest BCUT2D eigenvalue weighted by Gasteiger charge is -2.33. The van der Waals surface area contributed by atoms with Gasteiger partial charge in [0.05, 0.1) is 50.7 Å². The molecule has 0 radical (unpaired) electrons. The molecule has 3 aliphatic rings. The number of H-pyrrole nitrogens is 2. The normalized spacial score (nSPS) is 13.1. The van der Waals surface area contributed by atoms with E-state index in [1.54, 1.807) is 0 Å². The maximum Gasteiger partial charge on any atom is 0.266 e. The number of fused-ring (bicyclic) bond motifs is 12. The summed E-state index contributed by atoms with van der Waals surface area (Å²) in [6.07, 6.45) is 8.52. The molecule has 2 N–H and O–H groups in total. The number of rotatable bonds is 10. The molecule has 0 saturated carbocycles. The van der Waals surface area contributed by atoms with E-state index in [4.69, 9.17) is 19.4 Å². The van der Waals surface area contributed by atoms with Gasteiger partial charge in [-0.05, 0) is 227 Å². The molecule has 17 aromatic rings. The molecule has 9 heteroatoms. The Morgan fingerprint density at radius 1 is 0.362 bits per heavy atom. The molecule has 0 atom stereocenters. The number of nitrogens with one attached hydrogen (secondary N) is 2. The highest BCUT2D eigenvalue weighted by Crippen LogP contribution is 2.56. The van der Waals surface area contributed by atoms with Gasteiger partial charge in [-0.1, -0.05) is 262 Å². The van der Waals surface area contributed by atoms with Crippen LogP contribution in [0.3, 0.4) is 0 Å². The summed E-state index contributed by atoms with van der Waals surface area (Å²) >= 11 is 0. The number of para-hydroxylation sites is 1. The van der Waals surface area contributed by atoms with Crippen LogP contribution >= 0.6 is 0 Å². The van der Waals surface area contributed by atoms with Gasteiger partial charge in [-0.3, -0.25) is 9.59 Å². The predicted molar refractivity (Wildman–Crippen MR) is 483 cm³/mol. The molecule has 0 fully saturated rings. The number of nitrogens with zero attached hydrogens (tertiary/aromatic N) is 3. The van der Waals surface area contributed by atoms with Crippen LogP contribution in [0.2, 0.25) is 0 Å². The van der Waals surface area contributed by atoms with Gasteiger partial charge in [0, 0.05) is 60.3 Å². The van der Waals surface area contributed by atoms with Gasteiger partial charge in [-0.15, -0.1) is 0 Å². The second kappa shape index (κ2) is 26.7. The van der Waals surface area contributed by atoms with E-state index in [1.807, 2.05) is 54.6 Å². The summed E-state index contributed by atoms with van der Waals surface area (Å²) in [5, 5.41) is 13.1. The van der Waals surface area contributed by atoms with Gasteiger partial charge in [0.25, 0.3) is 11.8 Å². The number of ether oxygens (including phenoxy) is 2. The number of aromatic amines is 2. The zero-order chi connectivity index (χ0) is 79.6. The SMILES string of the molecule is Cc1ccc(-c2c3nc(c(-c4ccc(C)cc4)c4ccc([nH]4)c(-c4ccc(C)cc4)c4nc(c(C#Cc5ccc6c7ccc8c9c(Oc%10ccc(C(C)(C)C)cc%10)cc%10c%11c(cc(Oc%12ccc(C(C)(C)C)cc%12)c(c%12ccc(c%13cccc5c%136)c7c%128)c%119)C(=O)N(c5c(C(C)C)cccc5C(C)C)C%10=O)c5ccc2[nH]5)C=C4)C=C3)cc1. The van der Waals surface area contributed by atoms with Crippen molar-refractivity contribution in [3.8, 4) is 68.2 Å². The van der Waals surface area contributed by atoms with Crippen LogP contribution in [0, 0.1) is 32.6 Å². The molecule has 20 rings (SSSR count). The molecule has 8 bridgehead atoms. The Labute approximate surface area is 674 Å². The molecule has 562 valence electrons. The molecular weight excluding hydrogens is 1420 g/mol. The zero-order valence-electron chi connectivity index (χ0n) is 67.4. The topological polar surface area (TPSA) is 113 Å². The first-order valence-corrected chi connectivity index (χ1v) is 40.3. The van der Waals surface area contributed by atoms with Crippen molar-refractivity contribution < 1.29 is 19.1 Å². The monoisotopic (exact) mass is 1500 g/mol. The minimum absolute atomic E-state index is 0.00695. The van der Waals surface area contributed by atoms with Crippen molar-refractivity contribution in [1.29, 1.82) is 0 Å². The van der Waals surface area contributed by atoms with Crippen LogP contribution < -0.4 is 14.4 Å². The highest BCUT2D eigenvalue weighted by atomic mass is 16.5. The molecule has 0 unspecified atom stereocenters. The van der Waals surface area contributed by atoms with Crippen molar-refractivity contribution in [3.05, 3.63) is 314 Å². The fourth-order valence-electron chi connectivity index (χ4n) is 18.1. The predicted octanol–water partition coefficient (Wildman–Crippen LogP) is 28.2. The Kier molecular flexibility index (Phi) is 16.4. The third kappa shape index (κ3) is 11.6. The van der Waals surface area contributed by atoms with E-state index in [1.165, 1.54) is 21.6 Å². The number of benzene rings is 14. The lowest BCUT2D eigenvalue weighted by molar-refractivity contribution is 0.0892. The van der Waals surface area contributed by atoms with Gasteiger partial charge in [-0.2, -0.15) is 0 Å². The van der Waals surface area contributed by atoms with Crippen LogP contribution in [-0.4, -0.2) is 31.8 Å². The summed E-state index contributed by atoms with van der Waals surface area (Å²) in [6, 6.07) is 81.2. The van der Waals surface area contributed by atoms with Crippen LogP contribution in [0.25, 0.3) is 155 Å². The van der Waals surface area contributed by atoms with Crippen LogP contribution in [-0.2, 0) is 10.8 Å². The number of carbonyl (C=O) groups is 2. The zero-order valence-corrected chi connectivity index (χ0v) is 67.4. The fourth-order valence-corrected chi connectivity index (χ4v) is 18.1. The van der Waals surface area contributed by atoms with Crippen LogP contribution in [0.5, 0.6) is 23.0 Å². The van der Waals surface area contributed by atoms with Crippen LogP contribution in [0.4, 0.5) is 5.69 Å². The number of carbonyl (C=O) groups excluding carboxylic acids is 2. The summed E-state index contributed by atoms with van der Waals surface area (Å²) in [5.74, 6) is 8.99. The van der Waals surface area contributed by atoms with E-state index in [2.05, 4.69) is 312 Å². The van der Waals surface area contributed by atoms with Crippen molar-refractivity contribution in [2.24, 2.45) is 0 Å². The van der Waals surface area contributed by atoms with Crippen molar-refractivity contribution in [2.45, 2.75) is 113 Å². The average molecular weight is 1500 g/mol. The smallest absolute Gasteiger partial charge is 0.266 e. The van der Waals surface area contributed by atoms with E-state index in [9.17, 15) is 0 Å². The highest BCUT2D eigenvalue weighted by molar-refractivity contribution is 6.47. The van der Waals surface area contributed by atoms with Crippen molar-refractivity contribution in [2.75, 3.05) is 4.90 Å². The third-order valence-corrected chi connectivity index (χ3v) is 24.1. The number of aromatic nitrogens is 4. The number of hydrogen-bond donors (Lipinski definition) is 2. The minimum atomic E-state index is -0.407. The Bertz CT molecular complexity index is 7120. The lowest BCUT2D eigenvalue weighted by Crippen LogP contribution is -2.42. The van der Waals surface area contributed by atoms with Gasteiger partial charge in [0.2, 0.25) is 0 Å². The second-order valence-corrected chi connectivity index (χ2v) is 34.4. The van der Waals surface area contributed by atoms with Gasteiger partial charge in [0.1, 0.15) is 23.0 Å². The number of anilines is 1. The van der Waals surface area contributed by atoms with Gasteiger partial charge >= 0.3 is 0 Å². The fraction of sp³-hybridized carbons (Fsp3) is 0.159. The van der Waals surface area contributed by atoms with Gasteiger partial charge in [0.15, 0.2) is 0 Å². The molecule has 116 heavy (non-hydrogen) atoms. The molecular formula is C107H85N5O4. The first-order chi connectivity index (χ1) is 56.0. The number of imide groups is 1. The second-order valence-electron chi connectivity index (χ2n) is 34.4. The minimum Gasteiger partial charge on any atom is -0.457 e. The molecule has 6 heterocycles. The lowest BCUT2D eigenvalue weighted by atomic mass is 9.80. The van der Waals surface area contributed by atoms with Crippen LogP contribution in [0.1, 0.15) is 175 Å². The largest absolute Gasteiger partial charge is 0.457 e. The Morgan fingerprint density at radius 2 is 0.741 bits per heavy atom. The van der Waals surface area contributed by atoms with Gasteiger partial charge in [-0.25, -0.2) is 14.9 Å². The molecule has 3 aliphatic heterocycles.